The van der Waals surface area contributed by atoms with Gasteiger partial charge in [0.15, 0.2) is 17.5 Å². The average Bonchev–Trinajstić information content (AvgIpc) is 2.73. The molecule has 0 aromatic heterocycles. The molecule has 8 heteroatoms. The summed E-state index contributed by atoms with van der Waals surface area (Å²) in [7, 11) is 3.21. The van der Waals surface area contributed by atoms with E-state index in [4.69, 9.17) is 19.9 Å². The van der Waals surface area contributed by atoms with Crippen LogP contribution in [0.2, 0.25) is 0 Å². The Kier molecular flexibility index (Phi) is 9.49. The van der Waals surface area contributed by atoms with Gasteiger partial charge in [0, 0.05) is 31.4 Å². The van der Waals surface area contributed by atoms with Crippen molar-refractivity contribution in [2.75, 3.05) is 45.8 Å². The van der Waals surface area contributed by atoms with E-state index in [9.17, 15) is 0 Å². The molecule has 29 heavy (non-hydrogen) atoms. The fourth-order valence-corrected chi connectivity index (χ4v) is 3.14. The maximum Gasteiger partial charge on any atom is 0.193 e. The summed E-state index contributed by atoms with van der Waals surface area (Å²) < 4.78 is 16.0. The van der Waals surface area contributed by atoms with Crippen molar-refractivity contribution in [3.8, 4) is 11.5 Å². The Bertz CT molecular complexity index is 810. The number of ether oxygens (including phenoxy) is 3. The standard InChI is InChI=1S/C21H28N4O3.HI/c1-26-19-8-7-18(13-20(19)27-2)24-21(22)23-14-16-5-3-4-6-17(16)15-25-9-11-28-12-10-25;/h3-8,13H,9-12,14-15H2,1-2H3,(H3,22,23,24);1H. The number of halogens is 1. The van der Waals surface area contributed by atoms with Crippen molar-refractivity contribution in [3.05, 3.63) is 53.6 Å². The number of benzene rings is 2. The molecule has 1 aliphatic rings. The number of methoxy groups -OCH3 is 2. The summed E-state index contributed by atoms with van der Waals surface area (Å²) >= 11 is 0. The number of hydrogen-bond acceptors (Lipinski definition) is 5. The fourth-order valence-electron chi connectivity index (χ4n) is 3.14. The van der Waals surface area contributed by atoms with Gasteiger partial charge in [-0.05, 0) is 23.3 Å². The molecule has 0 atom stereocenters. The summed E-state index contributed by atoms with van der Waals surface area (Å²) in [5.74, 6) is 1.66. The zero-order chi connectivity index (χ0) is 19.8. The van der Waals surface area contributed by atoms with Crippen LogP contribution in [0.1, 0.15) is 11.1 Å². The summed E-state index contributed by atoms with van der Waals surface area (Å²) in [5, 5.41) is 3.10. The minimum atomic E-state index is 0. The Balaban J connectivity index is 0.00000300. The largest absolute Gasteiger partial charge is 0.493 e. The normalized spacial score (nSPS) is 14.8. The quantitative estimate of drug-likeness (QED) is 0.337. The molecule has 0 radical (unpaired) electrons. The number of rotatable bonds is 7. The van der Waals surface area contributed by atoms with Gasteiger partial charge in [-0.1, -0.05) is 24.3 Å². The lowest BCUT2D eigenvalue weighted by Gasteiger charge is -2.27. The molecule has 7 nitrogen and oxygen atoms in total. The Morgan fingerprint density at radius 3 is 2.45 bits per heavy atom. The number of hydrogen-bond donors (Lipinski definition) is 2. The lowest BCUT2D eigenvalue weighted by molar-refractivity contribution is 0.0341. The van der Waals surface area contributed by atoms with Crippen LogP contribution in [0.4, 0.5) is 5.69 Å². The lowest BCUT2D eigenvalue weighted by Crippen LogP contribution is -2.35. The number of morpholine rings is 1. The van der Waals surface area contributed by atoms with Gasteiger partial charge >= 0.3 is 0 Å². The monoisotopic (exact) mass is 512 g/mol. The van der Waals surface area contributed by atoms with E-state index in [0.717, 1.165) is 38.5 Å². The Labute approximate surface area is 189 Å². The van der Waals surface area contributed by atoms with Gasteiger partial charge < -0.3 is 25.3 Å². The van der Waals surface area contributed by atoms with E-state index < -0.39 is 0 Å². The van der Waals surface area contributed by atoms with Gasteiger partial charge in [-0.3, -0.25) is 4.90 Å². The third-order valence-corrected chi connectivity index (χ3v) is 4.69. The Morgan fingerprint density at radius 1 is 1.07 bits per heavy atom. The number of nitrogens with zero attached hydrogens (tertiary/aromatic N) is 2. The van der Waals surface area contributed by atoms with E-state index in [1.54, 1.807) is 14.2 Å². The second-order valence-corrected chi connectivity index (χ2v) is 6.55. The number of nitrogens with one attached hydrogen (secondary N) is 1. The molecular weight excluding hydrogens is 483 g/mol. The highest BCUT2D eigenvalue weighted by Gasteiger charge is 2.12. The second kappa shape index (κ2) is 11.8. The van der Waals surface area contributed by atoms with E-state index in [1.165, 1.54) is 11.1 Å². The van der Waals surface area contributed by atoms with Crippen molar-refractivity contribution >= 4 is 35.6 Å². The average molecular weight is 512 g/mol. The van der Waals surface area contributed by atoms with Gasteiger partial charge in [0.2, 0.25) is 0 Å². The molecule has 1 aliphatic heterocycles. The van der Waals surface area contributed by atoms with E-state index in [-0.39, 0.29) is 24.0 Å². The highest BCUT2D eigenvalue weighted by Crippen LogP contribution is 2.29. The first kappa shape index (κ1) is 23.2. The van der Waals surface area contributed by atoms with E-state index in [0.29, 0.717) is 24.0 Å². The maximum atomic E-state index is 6.09. The Morgan fingerprint density at radius 2 is 1.76 bits per heavy atom. The molecule has 2 aromatic carbocycles. The van der Waals surface area contributed by atoms with Crippen molar-refractivity contribution in [2.45, 2.75) is 13.1 Å². The van der Waals surface area contributed by atoms with E-state index in [1.807, 2.05) is 24.3 Å². The summed E-state index contributed by atoms with van der Waals surface area (Å²) in [4.78, 5) is 6.91. The molecule has 2 aromatic rings. The van der Waals surface area contributed by atoms with Crippen LogP contribution >= 0.6 is 24.0 Å². The summed E-state index contributed by atoms with van der Waals surface area (Å²) in [6.07, 6.45) is 0. The van der Waals surface area contributed by atoms with Crippen LogP contribution in [0.3, 0.4) is 0 Å². The molecular formula is C21H29IN4O3. The number of aliphatic imine (C=N–C) groups is 1. The predicted octanol–water partition coefficient (Wildman–Crippen LogP) is 3.08. The van der Waals surface area contributed by atoms with Crippen molar-refractivity contribution in [2.24, 2.45) is 10.7 Å². The van der Waals surface area contributed by atoms with Crippen LogP contribution in [0.5, 0.6) is 11.5 Å². The van der Waals surface area contributed by atoms with Crippen LogP contribution in [-0.2, 0) is 17.8 Å². The van der Waals surface area contributed by atoms with Crippen molar-refractivity contribution in [3.63, 3.8) is 0 Å². The highest BCUT2D eigenvalue weighted by molar-refractivity contribution is 14.0. The zero-order valence-corrected chi connectivity index (χ0v) is 19.2. The van der Waals surface area contributed by atoms with Crippen molar-refractivity contribution in [1.82, 2.24) is 4.90 Å². The van der Waals surface area contributed by atoms with Gasteiger partial charge in [0.25, 0.3) is 0 Å². The van der Waals surface area contributed by atoms with E-state index in [2.05, 4.69) is 33.4 Å². The van der Waals surface area contributed by atoms with Gasteiger partial charge in [-0.15, -0.1) is 24.0 Å². The van der Waals surface area contributed by atoms with Gasteiger partial charge in [0.05, 0.1) is 34.0 Å². The number of anilines is 1. The number of guanidine groups is 1. The van der Waals surface area contributed by atoms with Crippen LogP contribution in [0.15, 0.2) is 47.5 Å². The minimum Gasteiger partial charge on any atom is -0.493 e. The van der Waals surface area contributed by atoms with Crippen LogP contribution in [-0.4, -0.2) is 51.4 Å². The molecule has 0 bridgehead atoms. The predicted molar refractivity (Wildman–Crippen MR) is 126 cm³/mol. The maximum absolute atomic E-state index is 6.09. The van der Waals surface area contributed by atoms with E-state index >= 15 is 0 Å². The van der Waals surface area contributed by atoms with Crippen molar-refractivity contribution in [1.29, 1.82) is 0 Å². The molecule has 0 aliphatic carbocycles. The molecule has 1 saturated heterocycles. The second-order valence-electron chi connectivity index (χ2n) is 6.55. The molecule has 0 unspecified atom stereocenters. The van der Waals surface area contributed by atoms with Gasteiger partial charge in [-0.2, -0.15) is 0 Å². The van der Waals surface area contributed by atoms with Crippen LogP contribution in [0.25, 0.3) is 0 Å². The minimum absolute atomic E-state index is 0. The Hall–Kier alpha value is -2.04. The molecule has 3 N–H and O–H groups in total. The zero-order valence-electron chi connectivity index (χ0n) is 16.9. The number of nitrogens with two attached hydrogens (primary N) is 1. The topological polar surface area (TPSA) is 81.3 Å². The third kappa shape index (κ3) is 6.76. The molecule has 0 saturated carbocycles. The molecule has 1 heterocycles. The fraction of sp³-hybridized carbons (Fsp3) is 0.381. The smallest absolute Gasteiger partial charge is 0.193 e. The highest BCUT2D eigenvalue weighted by atomic mass is 127. The summed E-state index contributed by atoms with van der Waals surface area (Å²) in [6, 6.07) is 13.9. The summed E-state index contributed by atoms with van der Waals surface area (Å²) in [5.41, 5.74) is 9.32. The molecule has 3 rings (SSSR count). The first-order chi connectivity index (χ1) is 13.7. The first-order valence-corrected chi connectivity index (χ1v) is 9.35. The van der Waals surface area contributed by atoms with Crippen LogP contribution in [0, 0.1) is 0 Å². The third-order valence-electron chi connectivity index (χ3n) is 4.69. The lowest BCUT2D eigenvalue weighted by atomic mass is 10.1. The van der Waals surface area contributed by atoms with Crippen LogP contribution < -0.4 is 20.5 Å². The molecule has 1 fully saturated rings. The van der Waals surface area contributed by atoms with Gasteiger partial charge in [-0.25, -0.2) is 4.99 Å². The van der Waals surface area contributed by atoms with Gasteiger partial charge in [0.1, 0.15) is 0 Å². The summed E-state index contributed by atoms with van der Waals surface area (Å²) in [6.45, 7) is 4.93. The van der Waals surface area contributed by atoms with Crippen molar-refractivity contribution < 1.29 is 14.2 Å². The molecule has 0 amide bonds. The SMILES string of the molecule is COc1ccc(NC(N)=NCc2ccccc2CN2CCOCC2)cc1OC.I. The molecule has 0 spiro atoms. The molecule has 158 valence electrons. The first-order valence-electron chi connectivity index (χ1n) is 9.35.